The largest absolute Gasteiger partial charge is 0.339 e. The average Bonchev–Trinajstić information content (AvgIpc) is 3.22. The molecule has 120 valence electrons. The molecule has 1 N–H and O–H groups in total. The molecule has 24 heavy (non-hydrogen) atoms. The molecule has 0 bridgehead atoms. The van der Waals surface area contributed by atoms with Crippen molar-refractivity contribution in [1.82, 2.24) is 10.1 Å². The number of aromatic nitrogens is 2. The highest BCUT2D eigenvalue weighted by Crippen LogP contribution is 2.22. The van der Waals surface area contributed by atoms with Crippen molar-refractivity contribution < 1.29 is 9.32 Å². The van der Waals surface area contributed by atoms with Crippen LogP contribution in [0.3, 0.4) is 0 Å². The molecule has 0 radical (unpaired) electrons. The number of thiophene rings is 1. The van der Waals surface area contributed by atoms with Gasteiger partial charge in [0.2, 0.25) is 17.6 Å². The Morgan fingerprint density at radius 1 is 1.33 bits per heavy atom. The van der Waals surface area contributed by atoms with Crippen molar-refractivity contribution in [3.05, 3.63) is 52.7 Å². The number of amides is 1. The van der Waals surface area contributed by atoms with Crippen LogP contribution in [-0.4, -0.2) is 16.0 Å². The molecule has 0 saturated carbocycles. The summed E-state index contributed by atoms with van der Waals surface area (Å²) < 4.78 is 5.19. The molecule has 0 spiro atoms. The van der Waals surface area contributed by atoms with Gasteiger partial charge in [-0.1, -0.05) is 35.0 Å². The van der Waals surface area contributed by atoms with Crippen LogP contribution in [0.25, 0.3) is 11.4 Å². The third-order valence-electron chi connectivity index (χ3n) is 3.38. The lowest BCUT2D eigenvalue weighted by atomic mass is 10.1. The van der Waals surface area contributed by atoms with E-state index in [9.17, 15) is 4.79 Å². The molecule has 0 saturated heterocycles. The van der Waals surface area contributed by atoms with Gasteiger partial charge in [-0.05, 0) is 18.4 Å². The highest BCUT2D eigenvalue weighted by atomic mass is 32.1. The quantitative estimate of drug-likeness (QED) is 0.768. The van der Waals surface area contributed by atoms with Crippen LogP contribution in [0.4, 0.5) is 5.00 Å². The minimum atomic E-state index is -0.191. The summed E-state index contributed by atoms with van der Waals surface area (Å²) in [5.41, 5.74) is 2.49. The summed E-state index contributed by atoms with van der Waals surface area (Å²) in [4.78, 5) is 16.3. The zero-order valence-corrected chi connectivity index (χ0v) is 13.8. The van der Waals surface area contributed by atoms with Crippen LogP contribution in [0, 0.1) is 18.3 Å². The number of hydrogen-bond donors (Lipinski definition) is 1. The average molecular weight is 338 g/mol. The molecule has 7 heteroatoms. The molecule has 0 atom stereocenters. The number of nitriles is 1. The van der Waals surface area contributed by atoms with Gasteiger partial charge in [0.25, 0.3) is 0 Å². The highest BCUT2D eigenvalue weighted by Gasteiger charge is 2.12. The van der Waals surface area contributed by atoms with Crippen LogP contribution in [0.1, 0.15) is 23.4 Å². The molecule has 3 aromatic rings. The third-order valence-corrected chi connectivity index (χ3v) is 4.21. The SMILES string of the molecule is Cc1ccc(-c2noc(CCC(=O)Nc3sccc3C#N)n2)cc1. The monoisotopic (exact) mass is 338 g/mol. The Hall–Kier alpha value is -2.98. The second-order valence-electron chi connectivity index (χ2n) is 5.20. The molecule has 0 aliphatic carbocycles. The van der Waals surface area contributed by atoms with Gasteiger partial charge in [0.15, 0.2) is 0 Å². The van der Waals surface area contributed by atoms with E-state index in [1.54, 1.807) is 11.4 Å². The summed E-state index contributed by atoms with van der Waals surface area (Å²) in [5.74, 6) is 0.729. The third kappa shape index (κ3) is 3.67. The summed E-state index contributed by atoms with van der Waals surface area (Å²) in [6.45, 7) is 2.01. The maximum atomic E-state index is 12.0. The van der Waals surface area contributed by atoms with Crippen molar-refractivity contribution in [3.8, 4) is 17.5 Å². The lowest BCUT2D eigenvalue weighted by Gasteiger charge is -2.01. The number of anilines is 1. The highest BCUT2D eigenvalue weighted by molar-refractivity contribution is 7.14. The maximum Gasteiger partial charge on any atom is 0.227 e. The van der Waals surface area contributed by atoms with Crippen LogP contribution in [0.15, 0.2) is 40.2 Å². The fourth-order valence-electron chi connectivity index (χ4n) is 2.08. The van der Waals surface area contributed by atoms with Gasteiger partial charge in [-0.25, -0.2) is 0 Å². The first-order valence-electron chi connectivity index (χ1n) is 7.33. The van der Waals surface area contributed by atoms with Crippen molar-refractivity contribution in [2.75, 3.05) is 5.32 Å². The lowest BCUT2D eigenvalue weighted by molar-refractivity contribution is -0.116. The van der Waals surface area contributed by atoms with Gasteiger partial charge in [0.1, 0.15) is 11.1 Å². The molecule has 0 aliphatic heterocycles. The van der Waals surface area contributed by atoms with E-state index >= 15 is 0 Å². The number of hydrogen-bond acceptors (Lipinski definition) is 6. The molecule has 2 aromatic heterocycles. The predicted octanol–water partition coefficient (Wildman–Crippen LogP) is 3.55. The van der Waals surface area contributed by atoms with Gasteiger partial charge in [-0.15, -0.1) is 11.3 Å². The fraction of sp³-hybridized carbons (Fsp3) is 0.176. The van der Waals surface area contributed by atoms with E-state index in [4.69, 9.17) is 9.78 Å². The Labute approximate surface area is 142 Å². The fourth-order valence-corrected chi connectivity index (χ4v) is 2.83. The van der Waals surface area contributed by atoms with E-state index in [-0.39, 0.29) is 12.3 Å². The Balaban J connectivity index is 1.58. The van der Waals surface area contributed by atoms with Crippen molar-refractivity contribution in [2.45, 2.75) is 19.8 Å². The number of carbonyl (C=O) groups is 1. The predicted molar refractivity (Wildman–Crippen MR) is 90.5 cm³/mol. The van der Waals surface area contributed by atoms with Gasteiger partial charge < -0.3 is 9.84 Å². The van der Waals surface area contributed by atoms with Crippen LogP contribution >= 0.6 is 11.3 Å². The lowest BCUT2D eigenvalue weighted by Crippen LogP contribution is -2.12. The van der Waals surface area contributed by atoms with Crippen LogP contribution in [0.5, 0.6) is 0 Å². The second-order valence-corrected chi connectivity index (χ2v) is 6.12. The smallest absolute Gasteiger partial charge is 0.227 e. The number of carbonyl (C=O) groups excluding carboxylic acids is 1. The van der Waals surface area contributed by atoms with Crippen molar-refractivity contribution in [3.63, 3.8) is 0 Å². The summed E-state index contributed by atoms with van der Waals surface area (Å²) in [5, 5.41) is 17.9. The molecule has 0 fully saturated rings. The number of benzene rings is 1. The Bertz CT molecular complexity index is 890. The topological polar surface area (TPSA) is 91.8 Å². The first-order valence-corrected chi connectivity index (χ1v) is 8.21. The summed E-state index contributed by atoms with van der Waals surface area (Å²) in [6.07, 6.45) is 0.552. The van der Waals surface area contributed by atoms with E-state index in [1.807, 2.05) is 37.3 Å². The van der Waals surface area contributed by atoms with E-state index in [0.29, 0.717) is 28.7 Å². The first-order chi connectivity index (χ1) is 11.7. The molecule has 2 heterocycles. The number of nitrogens with one attached hydrogen (secondary N) is 1. The summed E-state index contributed by atoms with van der Waals surface area (Å²) >= 11 is 1.32. The van der Waals surface area contributed by atoms with Crippen molar-refractivity contribution in [1.29, 1.82) is 5.26 Å². The van der Waals surface area contributed by atoms with Crippen LogP contribution in [0.2, 0.25) is 0 Å². The molecule has 0 aliphatic rings. The summed E-state index contributed by atoms with van der Waals surface area (Å²) in [6, 6.07) is 11.5. The summed E-state index contributed by atoms with van der Waals surface area (Å²) in [7, 11) is 0. The molecule has 3 rings (SSSR count). The van der Waals surface area contributed by atoms with Gasteiger partial charge >= 0.3 is 0 Å². The van der Waals surface area contributed by atoms with Crippen LogP contribution in [-0.2, 0) is 11.2 Å². The Morgan fingerprint density at radius 3 is 2.88 bits per heavy atom. The van der Waals surface area contributed by atoms with Gasteiger partial charge in [-0.3, -0.25) is 4.79 Å². The number of rotatable bonds is 5. The zero-order chi connectivity index (χ0) is 16.9. The standard InChI is InChI=1S/C17H14N4O2S/c1-11-2-4-12(5-3-11)16-20-15(23-21-16)7-6-14(22)19-17-13(10-18)8-9-24-17/h2-5,8-9H,6-7H2,1H3,(H,19,22). The van der Waals surface area contributed by atoms with Crippen LogP contribution < -0.4 is 5.32 Å². The van der Waals surface area contributed by atoms with Crippen molar-refractivity contribution >= 4 is 22.2 Å². The Kier molecular flexibility index (Phi) is 4.68. The van der Waals surface area contributed by atoms with Gasteiger partial charge in [0, 0.05) is 18.4 Å². The normalized spacial score (nSPS) is 10.3. The number of aryl methyl sites for hydroxylation is 2. The zero-order valence-electron chi connectivity index (χ0n) is 12.9. The first kappa shape index (κ1) is 15.9. The minimum Gasteiger partial charge on any atom is -0.339 e. The molecule has 1 aromatic carbocycles. The molecular formula is C17H14N4O2S. The number of nitrogens with zero attached hydrogens (tertiary/aromatic N) is 3. The molecule has 6 nitrogen and oxygen atoms in total. The molecular weight excluding hydrogens is 324 g/mol. The molecule has 1 amide bonds. The molecule has 0 unspecified atom stereocenters. The van der Waals surface area contributed by atoms with Gasteiger partial charge in [-0.2, -0.15) is 10.2 Å². The van der Waals surface area contributed by atoms with Gasteiger partial charge in [0.05, 0.1) is 5.56 Å². The van der Waals surface area contributed by atoms with E-state index in [1.165, 1.54) is 11.3 Å². The minimum absolute atomic E-state index is 0.191. The van der Waals surface area contributed by atoms with Crippen molar-refractivity contribution in [2.24, 2.45) is 0 Å². The van der Waals surface area contributed by atoms with E-state index < -0.39 is 0 Å². The Morgan fingerprint density at radius 2 is 2.12 bits per heavy atom. The maximum absolute atomic E-state index is 12.0. The van der Waals surface area contributed by atoms with E-state index in [0.717, 1.165) is 11.1 Å². The second kappa shape index (κ2) is 7.06. The van der Waals surface area contributed by atoms with E-state index in [2.05, 4.69) is 15.5 Å².